The van der Waals surface area contributed by atoms with Crippen molar-refractivity contribution in [3.8, 4) is 0 Å². The smallest absolute Gasteiger partial charge is 0.0571 e. The van der Waals surface area contributed by atoms with Crippen LogP contribution < -0.4 is 0 Å². The second-order valence-corrected chi connectivity index (χ2v) is 4.28. The van der Waals surface area contributed by atoms with Crippen molar-refractivity contribution in [3.05, 3.63) is 0 Å². The SMILES string of the molecule is CCCCCC1C(O)CC[C@@H]1C. The quantitative estimate of drug-likeness (QED) is 0.643. The third kappa shape index (κ3) is 2.48. The average Bonchev–Trinajstić information content (AvgIpc) is 2.35. The van der Waals surface area contributed by atoms with Gasteiger partial charge in [-0.3, -0.25) is 0 Å². The van der Waals surface area contributed by atoms with E-state index in [9.17, 15) is 5.11 Å². The number of aliphatic hydroxyl groups excluding tert-OH is 1. The van der Waals surface area contributed by atoms with E-state index in [4.69, 9.17) is 0 Å². The molecule has 0 radical (unpaired) electrons. The van der Waals surface area contributed by atoms with Gasteiger partial charge in [0.2, 0.25) is 0 Å². The minimum absolute atomic E-state index is 0.0110. The van der Waals surface area contributed by atoms with Gasteiger partial charge in [0.1, 0.15) is 0 Å². The third-order valence-electron chi connectivity index (χ3n) is 3.28. The van der Waals surface area contributed by atoms with Crippen LogP contribution in [0.1, 0.15) is 52.4 Å². The first-order valence-electron chi connectivity index (χ1n) is 5.43. The highest BCUT2D eigenvalue weighted by Gasteiger charge is 2.30. The normalized spacial score (nSPS) is 35.8. The molecule has 0 saturated heterocycles. The topological polar surface area (TPSA) is 20.2 Å². The molecule has 1 nitrogen and oxygen atoms in total. The van der Waals surface area contributed by atoms with Crippen molar-refractivity contribution in [2.24, 2.45) is 11.8 Å². The first-order valence-corrected chi connectivity index (χ1v) is 5.43. The maximum Gasteiger partial charge on any atom is 0.0571 e. The predicted octanol–water partition coefficient (Wildman–Crippen LogP) is 2.97. The standard InChI is InChI=1S/C11H22O/c1-3-4-5-6-10-9(2)7-8-11(10)12/h9-12H,3-8H2,1-2H3/t9-,10?,11?/m0/s1. The Kier molecular flexibility index (Phi) is 4.07. The molecule has 3 atom stereocenters. The molecule has 0 aromatic carbocycles. The molecule has 0 aromatic heterocycles. The van der Waals surface area contributed by atoms with E-state index in [1.54, 1.807) is 0 Å². The van der Waals surface area contributed by atoms with Gasteiger partial charge in [0.05, 0.1) is 6.10 Å². The largest absolute Gasteiger partial charge is 0.393 e. The Morgan fingerprint density at radius 3 is 2.50 bits per heavy atom. The Morgan fingerprint density at radius 1 is 1.25 bits per heavy atom. The lowest BCUT2D eigenvalue weighted by Crippen LogP contribution is -2.17. The Balaban J connectivity index is 2.20. The molecule has 1 aliphatic rings. The molecule has 0 heterocycles. The summed E-state index contributed by atoms with van der Waals surface area (Å²) in [6.07, 6.45) is 7.46. The maximum atomic E-state index is 9.66. The summed E-state index contributed by atoms with van der Waals surface area (Å²) in [5, 5.41) is 9.66. The van der Waals surface area contributed by atoms with E-state index < -0.39 is 0 Å². The van der Waals surface area contributed by atoms with Crippen molar-refractivity contribution in [2.45, 2.75) is 58.5 Å². The molecule has 1 rings (SSSR count). The van der Waals surface area contributed by atoms with Gasteiger partial charge in [-0.25, -0.2) is 0 Å². The molecule has 1 fully saturated rings. The Labute approximate surface area is 76.2 Å². The lowest BCUT2D eigenvalue weighted by molar-refractivity contribution is 0.113. The van der Waals surface area contributed by atoms with Crippen LogP contribution in [0.25, 0.3) is 0 Å². The van der Waals surface area contributed by atoms with E-state index in [-0.39, 0.29) is 6.10 Å². The summed E-state index contributed by atoms with van der Waals surface area (Å²) in [7, 11) is 0. The number of unbranched alkanes of at least 4 members (excludes halogenated alkanes) is 2. The van der Waals surface area contributed by atoms with Gasteiger partial charge in [-0.05, 0) is 31.1 Å². The summed E-state index contributed by atoms with van der Waals surface area (Å²) >= 11 is 0. The second-order valence-electron chi connectivity index (χ2n) is 4.28. The molecule has 12 heavy (non-hydrogen) atoms. The first kappa shape index (κ1) is 10.0. The van der Waals surface area contributed by atoms with Crippen LogP contribution in [0.5, 0.6) is 0 Å². The zero-order valence-electron chi connectivity index (χ0n) is 8.42. The lowest BCUT2D eigenvalue weighted by atomic mass is 9.91. The van der Waals surface area contributed by atoms with Crippen LogP contribution in [0.15, 0.2) is 0 Å². The van der Waals surface area contributed by atoms with Crippen molar-refractivity contribution in [3.63, 3.8) is 0 Å². The molecule has 0 spiro atoms. The van der Waals surface area contributed by atoms with E-state index in [0.29, 0.717) is 5.92 Å². The molecule has 0 bridgehead atoms. The van der Waals surface area contributed by atoms with E-state index in [1.807, 2.05) is 0 Å². The second kappa shape index (κ2) is 4.86. The molecular weight excluding hydrogens is 148 g/mol. The molecule has 72 valence electrons. The maximum absolute atomic E-state index is 9.66. The van der Waals surface area contributed by atoms with E-state index >= 15 is 0 Å². The summed E-state index contributed by atoms with van der Waals surface area (Å²) in [6.45, 7) is 4.52. The van der Waals surface area contributed by atoms with Crippen molar-refractivity contribution in [2.75, 3.05) is 0 Å². The van der Waals surface area contributed by atoms with Crippen LogP contribution in [-0.4, -0.2) is 11.2 Å². The summed E-state index contributed by atoms with van der Waals surface area (Å²) < 4.78 is 0. The molecule has 0 amide bonds. The van der Waals surface area contributed by atoms with Crippen LogP contribution in [0, 0.1) is 11.8 Å². The highest BCUT2D eigenvalue weighted by atomic mass is 16.3. The number of hydrogen-bond acceptors (Lipinski definition) is 1. The fourth-order valence-corrected chi connectivity index (χ4v) is 2.35. The molecule has 1 N–H and O–H groups in total. The van der Waals surface area contributed by atoms with Gasteiger partial charge in [-0.15, -0.1) is 0 Å². The zero-order valence-corrected chi connectivity index (χ0v) is 8.42. The molecule has 1 heteroatoms. The van der Waals surface area contributed by atoms with Crippen LogP contribution in [0.4, 0.5) is 0 Å². The van der Waals surface area contributed by atoms with Gasteiger partial charge in [0.15, 0.2) is 0 Å². The fraction of sp³-hybridized carbons (Fsp3) is 1.00. The molecule has 2 unspecified atom stereocenters. The minimum atomic E-state index is 0.0110. The van der Waals surface area contributed by atoms with Gasteiger partial charge in [-0.2, -0.15) is 0 Å². The van der Waals surface area contributed by atoms with Gasteiger partial charge in [0, 0.05) is 0 Å². The average molecular weight is 170 g/mol. The van der Waals surface area contributed by atoms with E-state index in [1.165, 1.54) is 32.1 Å². The molecule has 0 aliphatic heterocycles. The highest BCUT2D eigenvalue weighted by Crippen LogP contribution is 2.35. The third-order valence-corrected chi connectivity index (χ3v) is 3.28. The van der Waals surface area contributed by atoms with Crippen LogP contribution in [-0.2, 0) is 0 Å². The fourth-order valence-electron chi connectivity index (χ4n) is 2.35. The van der Waals surface area contributed by atoms with Crippen LogP contribution in [0.2, 0.25) is 0 Å². The number of hydrogen-bond donors (Lipinski definition) is 1. The van der Waals surface area contributed by atoms with E-state index in [0.717, 1.165) is 12.3 Å². The number of aliphatic hydroxyl groups is 1. The highest BCUT2D eigenvalue weighted by molar-refractivity contribution is 4.81. The Bertz CT molecular complexity index is 112. The monoisotopic (exact) mass is 170 g/mol. The zero-order chi connectivity index (χ0) is 8.97. The van der Waals surface area contributed by atoms with Crippen LogP contribution in [0.3, 0.4) is 0 Å². The molecule has 0 aromatic rings. The summed E-state index contributed by atoms with van der Waals surface area (Å²) in [5.74, 6) is 1.37. The molecule has 1 saturated carbocycles. The number of rotatable bonds is 4. The summed E-state index contributed by atoms with van der Waals surface area (Å²) in [6, 6.07) is 0. The van der Waals surface area contributed by atoms with Gasteiger partial charge >= 0.3 is 0 Å². The predicted molar refractivity (Wildman–Crippen MR) is 52.0 cm³/mol. The van der Waals surface area contributed by atoms with Gasteiger partial charge < -0.3 is 5.11 Å². The molecule has 1 aliphatic carbocycles. The van der Waals surface area contributed by atoms with Crippen molar-refractivity contribution >= 4 is 0 Å². The summed E-state index contributed by atoms with van der Waals surface area (Å²) in [4.78, 5) is 0. The van der Waals surface area contributed by atoms with Crippen LogP contribution >= 0.6 is 0 Å². The summed E-state index contributed by atoms with van der Waals surface area (Å²) in [5.41, 5.74) is 0. The Hall–Kier alpha value is -0.0400. The van der Waals surface area contributed by atoms with E-state index in [2.05, 4.69) is 13.8 Å². The van der Waals surface area contributed by atoms with Crippen molar-refractivity contribution in [1.29, 1.82) is 0 Å². The van der Waals surface area contributed by atoms with Gasteiger partial charge in [0.25, 0.3) is 0 Å². The lowest BCUT2D eigenvalue weighted by Gasteiger charge is -2.18. The molecular formula is C11H22O. The first-order chi connectivity index (χ1) is 5.75. The van der Waals surface area contributed by atoms with Gasteiger partial charge in [-0.1, -0.05) is 33.1 Å². The Morgan fingerprint density at radius 2 is 2.00 bits per heavy atom. The van der Waals surface area contributed by atoms with Crippen molar-refractivity contribution in [1.82, 2.24) is 0 Å². The van der Waals surface area contributed by atoms with Crippen molar-refractivity contribution < 1.29 is 5.11 Å². The minimum Gasteiger partial charge on any atom is -0.393 e.